The Kier molecular flexibility index (Phi) is 4.60. The van der Waals surface area contributed by atoms with Crippen molar-refractivity contribution in [1.82, 2.24) is 24.6 Å². The molecule has 5 rings (SSSR count). The molecule has 0 radical (unpaired) electrons. The van der Waals surface area contributed by atoms with E-state index < -0.39 is 0 Å². The summed E-state index contributed by atoms with van der Waals surface area (Å²) in [5, 5.41) is 11.2. The summed E-state index contributed by atoms with van der Waals surface area (Å²) in [6.45, 7) is 7.58. The molecule has 0 atom stereocenters. The van der Waals surface area contributed by atoms with E-state index in [9.17, 15) is 4.79 Å². The van der Waals surface area contributed by atoms with Gasteiger partial charge >= 0.3 is 0 Å². The molecule has 2 aliphatic rings. The molecule has 8 heteroatoms. The number of rotatable bonds is 5. The fourth-order valence-electron chi connectivity index (χ4n) is 3.81. The van der Waals surface area contributed by atoms with Gasteiger partial charge in [-0.15, -0.1) is 21.5 Å². The van der Waals surface area contributed by atoms with Gasteiger partial charge in [-0.2, -0.15) is 0 Å². The molecular weight excluding hydrogens is 372 g/mol. The van der Waals surface area contributed by atoms with Crippen molar-refractivity contribution >= 4 is 27.9 Å². The number of nitrogens with zero attached hydrogens (tertiary/aromatic N) is 6. The smallest absolute Gasteiger partial charge is 0.261 e. The topological polar surface area (TPSA) is 67.2 Å². The molecule has 28 heavy (non-hydrogen) atoms. The second-order valence-corrected chi connectivity index (χ2v) is 9.09. The third-order valence-corrected chi connectivity index (χ3v) is 6.45. The summed E-state index contributed by atoms with van der Waals surface area (Å²) in [5.41, 5.74) is 2.02. The van der Waals surface area contributed by atoms with Crippen LogP contribution in [0.4, 0.5) is 5.69 Å². The third-order valence-electron chi connectivity index (χ3n) is 5.62. The molecule has 3 heterocycles. The minimum Gasteiger partial charge on any atom is -0.369 e. The van der Waals surface area contributed by atoms with Crippen LogP contribution in [0.3, 0.4) is 0 Å². The van der Waals surface area contributed by atoms with Crippen molar-refractivity contribution in [3.63, 3.8) is 0 Å². The molecule has 0 N–H and O–H groups in total. The van der Waals surface area contributed by atoms with Crippen molar-refractivity contribution in [2.45, 2.75) is 32.9 Å². The number of aromatic nitrogens is 4. The second kappa shape index (κ2) is 7.25. The maximum atomic E-state index is 12.7. The lowest BCUT2D eigenvalue weighted by molar-refractivity contribution is 0.249. The Hall–Kier alpha value is -2.32. The van der Waals surface area contributed by atoms with Crippen LogP contribution in [0.1, 0.15) is 22.9 Å². The first-order valence-electron chi connectivity index (χ1n) is 9.91. The highest BCUT2D eigenvalue weighted by molar-refractivity contribution is 7.11. The van der Waals surface area contributed by atoms with Crippen LogP contribution in [-0.4, -0.2) is 50.8 Å². The lowest BCUT2D eigenvalue weighted by atomic mass is 10.2. The molecule has 146 valence electrons. The zero-order chi connectivity index (χ0) is 19.1. The molecule has 1 saturated carbocycles. The Morgan fingerprint density at radius 1 is 1.14 bits per heavy atom. The molecule has 7 nitrogen and oxygen atoms in total. The van der Waals surface area contributed by atoms with E-state index in [0.29, 0.717) is 5.92 Å². The predicted octanol–water partition coefficient (Wildman–Crippen LogP) is 2.29. The van der Waals surface area contributed by atoms with Gasteiger partial charge in [0.2, 0.25) is 0 Å². The van der Waals surface area contributed by atoms with Crippen LogP contribution < -0.4 is 10.5 Å². The van der Waals surface area contributed by atoms with E-state index in [1.807, 2.05) is 13.0 Å². The Morgan fingerprint density at radius 2 is 1.96 bits per heavy atom. The van der Waals surface area contributed by atoms with E-state index in [1.165, 1.54) is 12.8 Å². The zero-order valence-electron chi connectivity index (χ0n) is 16.0. The van der Waals surface area contributed by atoms with Gasteiger partial charge in [0, 0.05) is 38.4 Å². The number of anilines is 1. The molecule has 1 aliphatic carbocycles. The molecule has 0 amide bonds. The SMILES string of the molecule is Cc1nnc(CN2CCN(c3ccc4c(=O)n(CC5CC5)cnc4c3)CC2)s1. The molecule has 0 bridgehead atoms. The summed E-state index contributed by atoms with van der Waals surface area (Å²) in [4.78, 5) is 22.1. The van der Waals surface area contributed by atoms with Crippen LogP contribution in [0.5, 0.6) is 0 Å². The van der Waals surface area contributed by atoms with Crippen LogP contribution >= 0.6 is 11.3 Å². The molecule has 2 fully saturated rings. The first kappa shape index (κ1) is 17.8. The number of benzene rings is 1. The van der Waals surface area contributed by atoms with Crippen LogP contribution in [0.25, 0.3) is 10.9 Å². The van der Waals surface area contributed by atoms with Gasteiger partial charge in [-0.05, 0) is 43.9 Å². The highest BCUT2D eigenvalue weighted by atomic mass is 32.1. The van der Waals surface area contributed by atoms with Gasteiger partial charge in [0.25, 0.3) is 5.56 Å². The molecule has 1 aliphatic heterocycles. The van der Waals surface area contributed by atoms with Gasteiger partial charge in [-0.1, -0.05) is 0 Å². The number of piperazine rings is 1. The fourth-order valence-corrected chi connectivity index (χ4v) is 4.56. The van der Waals surface area contributed by atoms with Crippen LogP contribution in [0.2, 0.25) is 0 Å². The number of fused-ring (bicyclic) bond motifs is 1. The highest BCUT2D eigenvalue weighted by Gasteiger charge is 2.23. The Labute approximate surface area is 167 Å². The summed E-state index contributed by atoms with van der Waals surface area (Å²) in [6.07, 6.45) is 4.18. The van der Waals surface area contributed by atoms with Gasteiger partial charge in [-0.3, -0.25) is 14.3 Å². The van der Waals surface area contributed by atoms with Gasteiger partial charge in [0.15, 0.2) is 0 Å². The number of hydrogen-bond donors (Lipinski definition) is 0. The predicted molar refractivity (Wildman–Crippen MR) is 111 cm³/mol. The van der Waals surface area contributed by atoms with Gasteiger partial charge in [-0.25, -0.2) is 4.98 Å². The summed E-state index contributed by atoms with van der Waals surface area (Å²) in [5.74, 6) is 0.664. The minimum absolute atomic E-state index is 0.0839. The summed E-state index contributed by atoms with van der Waals surface area (Å²) in [7, 11) is 0. The minimum atomic E-state index is 0.0839. The molecular formula is C20H24N6OS. The van der Waals surface area contributed by atoms with Crippen molar-refractivity contribution in [1.29, 1.82) is 0 Å². The molecule has 1 aromatic carbocycles. The van der Waals surface area contributed by atoms with E-state index in [2.05, 4.69) is 37.1 Å². The van der Waals surface area contributed by atoms with Crippen molar-refractivity contribution in [3.05, 3.63) is 44.9 Å². The quantitative estimate of drug-likeness (QED) is 0.659. The molecule has 0 spiro atoms. The molecule has 1 saturated heterocycles. The maximum Gasteiger partial charge on any atom is 0.261 e. The lowest BCUT2D eigenvalue weighted by Gasteiger charge is -2.35. The largest absolute Gasteiger partial charge is 0.369 e. The van der Waals surface area contributed by atoms with Crippen LogP contribution in [0, 0.1) is 12.8 Å². The average Bonchev–Trinajstić information content (AvgIpc) is 3.44. The normalized spacial score (nSPS) is 18.1. The van der Waals surface area contributed by atoms with Gasteiger partial charge in [0.1, 0.15) is 10.0 Å². The van der Waals surface area contributed by atoms with E-state index in [0.717, 1.165) is 65.9 Å². The van der Waals surface area contributed by atoms with Gasteiger partial charge < -0.3 is 4.90 Å². The van der Waals surface area contributed by atoms with Crippen molar-refractivity contribution in [2.24, 2.45) is 5.92 Å². The van der Waals surface area contributed by atoms with Crippen LogP contribution in [0.15, 0.2) is 29.3 Å². The highest BCUT2D eigenvalue weighted by Crippen LogP contribution is 2.30. The van der Waals surface area contributed by atoms with E-state index in [-0.39, 0.29) is 5.56 Å². The number of aryl methyl sites for hydroxylation is 1. The Morgan fingerprint density at radius 3 is 2.68 bits per heavy atom. The van der Waals surface area contributed by atoms with Crippen LogP contribution in [-0.2, 0) is 13.1 Å². The Balaban J connectivity index is 1.28. The first-order valence-corrected chi connectivity index (χ1v) is 10.7. The van der Waals surface area contributed by atoms with E-state index >= 15 is 0 Å². The average molecular weight is 397 g/mol. The second-order valence-electron chi connectivity index (χ2n) is 7.82. The standard InChI is InChI=1S/C20H24N6OS/c1-14-22-23-19(28-14)12-24-6-8-25(9-7-24)16-4-5-17-18(10-16)21-13-26(20(17)27)11-15-2-3-15/h4-5,10,13,15H,2-3,6-9,11-12H2,1H3. The maximum absolute atomic E-state index is 12.7. The van der Waals surface area contributed by atoms with Gasteiger partial charge in [0.05, 0.1) is 23.8 Å². The molecule has 2 aromatic heterocycles. The van der Waals surface area contributed by atoms with Crippen molar-refractivity contribution in [2.75, 3.05) is 31.1 Å². The summed E-state index contributed by atoms with van der Waals surface area (Å²) in [6, 6.07) is 6.07. The Bertz CT molecular complexity index is 1050. The third kappa shape index (κ3) is 3.66. The first-order chi connectivity index (χ1) is 13.7. The molecule has 3 aromatic rings. The summed E-state index contributed by atoms with van der Waals surface area (Å²) >= 11 is 1.67. The summed E-state index contributed by atoms with van der Waals surface area (Å²) < 4.78 is 1.77. The zero-order valence-corrected chi connectivity index (χ0v) is 16.9. The lowest BCUT2D eigenvalue weighted by Crippen LogP contribution is -2.46. The van der Waals surface area contributed by atoms with E-state index in [4.69, 9.17) is 0 Å². The number of hydrogen-bond acceptors (Lipinski definition) is 7. The monoisotopic (exact) mass is 396 g/mol. The van der Waals surface area contributed by atoms with Crippen molar-refractivity contribution < 1.29 is 0 Å². The molecule has 0 unspecified atom stereocenters. The van der Waals surface area contributed by atoms with Crippen molar-refractivity contribution in [3.8, 4) is 0 Å². The van der Waals surface area contributed by atoms with E-state index in [1.54, 1.807) is 22.2 Å². The fraction of sp³-hybridized carbons (Fsp3) is 0.500.